The minimum atomic E-state index is -3.79. The van der Waals surface area contributed by atoms with Gasteiger partial charge < -0.3 is 15.0 Å². The normalized spacial score (nSPS) is 12.5. The van der Waals surface area contributed by atoms with Crippen LogP contribution in [-0.4, -0.2) is 37.1 Å². The highest BCUT2D eigenvalue weighted by molar-refractivity contribution is 7.90. The van der Waals surface area contributed by atoms with E-state index in [2.05, 4.69) is 23.7 Å². The fourth-order valence-electron chi connectivity index (χ4n) is 5.12. The SMILES string of the molecule is C=CC(c1ccc(-c2ccccc2)cc1)S(=O)(=O)n1ccc(C=CCN(CCCCC)c2ccccc2OC(=O)NC(C)(C)C)c1. The van der Waals surface area contributed by atoms with Gasteiger partial charge in [0, 0.05) is 31.0 Å². The first kappa shape index (κ1) is 34.3. The Balaban J connectivity index is 1.49. The maximum absolute atomic E-state index is 13.7. The molecular weight excluding hydrogens is 595 g/mol. The van der Waals surface area contributed by atoms with Gasteiger partial charge in [-0.1, -0.05) is 105 Å². The molecule has 1 aromatic heterocycles. The number of ether oxygens (including phenoxy) is 1. The molecular formula is C38H45N3O4S. The summed E-state index contributed by atoms with van der Waals surface area (Å²) in [6.45, 7) is 13.0. The van der Waals surface area contributed by atoms with Gasteiger partial charge >= 0.3 is 6.09 Å². The Kier molecular flexibility index (Phi) is 11.7. The molecule has 0 spiro atoms. The largest absolute Gasteiger partial charge is 0.413 e. The van der Waals surface area contributed by atoms with E-state index in [1.165, 1.54) is 10.0 Å². The summed E-state index contributed by atoms with van der Waals surface area (Å²) in [5.74, 6) is 0.485. The standard InChI is InChI=1S/C38H45N3O4S/c1-6-8-14-26-40(34-19-12-13-20-35(34)45-37(42)39-38(3,4)5)27-15-16-30-25-28-41(29-30)46(43,44)36(7-2)33-23-21-32(22-24-33)31-17-10-9-11-18-31/h7,9-13,15-25,28-29,36H,2,6,8,14,26-27H2,1,3-5H3,(H,39,42). The van der Waals surface area contributed by atoms with Crippen LogP contribution in [0.3, 0.4) is 0 Å². The molecule has 0 aliphatic rings. The van der Waals surface area contributed by atoms with Crippen LogP contribution in [0.1, 0.15) is 63.3 Å². The molecule has 1 atom stereocenters. The third-order valence-corrected chi connectivity index (χ3v) is 9.34. The number of hydrogen-bond donors (Lipinski definition) is 1. The Labute approximate surface area is 274 Å². The van der Waals surface area contributed by atoms with Gasteiger partial charge in [-0.2, -0.15) is 0 Å². The second-order valence-electron chi connectivity index (χ2n) is 12.3. The smallest absolute Gasteiger partial charge is 0.408 e. The lowest BCUT2D eigenvalue weighted by Gasteiger charge is -2.26. The van der Waals surface area contributed by atoms with Crippen LogP contribution < -0.4 is 15.0 Å². The number of anilines is 1. The van der Waals surface area contributed by atoms with E-state index in [-0.39, 0.29) is 0 Å². The highest BCUT2D eigenvalue weighted by Gasteiger charge is 2.26. The third kappa shape index (κ3) is 9.23. The van der Waals surface area contributed by atoms with Crippen LogP contribution in [0.4, 0.5) is 10.5 Å². The first-order valence-electron chi connectivity index (χ1n) is 15.7. The average molecular weight is 640 g/mol. The zero-order chi connectivity index (χ0) is 33.2. The summed E-state index contributed by atoms with van der Waals surface area (Å²) in [5.41, 5.74) is 3.90. The van der Waals surface area contributed by atoms with E-state index in [4.69, 9.17) is 4.74 Å². The van der Waals surface area contributed by atoms with E-state index in [1.54, 1.807) is 24.5 Å². The zero-order valence-electron chi connectivity index (χ0n) is 27.2. The van der Waals surface area contributed by atoms with E-state index in [0.29, 0.717) is 17.9 Å². The summed E-state index contributed by atoms with van der Waals surface area (Å²) in [5, 5.41) is 1.95. The molecule has 0 bridgehead atoms. The summed E-state index contributed by atoms with van der Waals surface area (Å²) in [4.78, 5) is 14.7. The molecule has 0 saturated carbocycles. The van der Waals surface area contributed by atoms with Gasteiger partial charge in [-0.25, -0.2) is 13.2 Å². The second kappa shape index (κ2) is 15.6. The fraction of sp³-hybridized carbons (Fsp3) is 0.289. The molecule has 242 valence electrons. The number of carbonyl (C=O) groups excluding carboxylic acids is 1. The Morgan fingerprint density at radius 2 is 1.63 bits per heavy atom. The topological polar surface area (TPSA) is 80.6 Å². The number of nitrogens with one attached hydrogen (secondary N) is 1. The van der Waals surface area contributed by atoms with Crippen LogP contribution in [0.25, 0.3) is 17.2 Å². The lowest BCUT2D eigenvalue weighted by atomic mass is 10.0. The number of benzene rings is 3. The number of rotatable bonds is 14. The molecule has 1 amide bonds. The van der Waals surface area contributed by atoms with Crippen LogP contribution in [0.2, 0.25) is 0 Å². The molecule has 0 aliphatic heterocycles. The Bertz CT molecular complexity index is 1720. The summed E-state index contributed by atoms with van der Waals surface area (Å²) in [7, 11) is -3.79. The van der Waals surface area contributed by atoms with E-state index < -0.39 is 26.9 Å². The molecule has 1 heterocycles. The molecule has 4 aromatic rings. The monoisotopic (exact) mass is 639 g/mol. The number of nitrogens with zero attached hydrogens (tertiary/aromatic N) is 2. The molecule has 7 nitrogen and oxygen atoms in total. The van der Waals surface area contributed by atoms with Crippen LogP contribution in [-0.2, 0) is 10.0 Å². The zero-order valence-corrected chi connectivity index (χ0v) is 28.0. The lowest BCUT2D eigenvalue weighted by molar-refractivity contribution is 0.190. The van der Waals surface area contributed by atoms with Crippen LogP contribution >= 0.6 is 0 Å². The molecule has 8 heteroatoms. The molecule has 1 unspecified atom stereocenters. The second-order valence-corrected chi connectivity index (χ2v) is 14.2. The minimum absolute atomic E-state index is 0.419. The predicted molar refractivity (Wildman–Crippen MR) is 190 cm³/mol. The number of unbranched alkanes of at least 4 members (excludes halogenated alkanes) is 2. The molecule has 0 fully saturated rings. The third-order valence-electron chi connectivity index (χ3n) is 7.42. The van der Waals surface area contributed by atoms with Crippen molar-refractivity contribution in [3.8, 4) is 16.9 Å². The van der Waals surface area contributed by atoms with Crippen molar-refractivity contribution in [1.29, 1.82) is 0 Å². The summed E-state index contributed by atoms with van der Waals surface area (Å²) >= 11 is 0. The van der Waals surface area contributed by atoms with Gasteiger partial charge in [-0.3, -0.25) is 3.97 Å². The van der Waals surface area contributed by atoms with Crippen LogP contribution in [0.5, 0.6) is 5.75 Å². The van der Waals surface area contributed by atoms with Gasteiger partial charge in [0.05, 0.1) is 5.69 Å². The molecule has 0 radical (unpaired) electrons. The quantitative estimate of drug-likeness (QED) is 0.110. The van der Waals surface area contributed by atoms with Crippen molar-refractivity contribution in [2.24, 2.45) is 0 Å². The molecule has 1 N–H and O–H groups in total. The summed E-state index contributed by atoms with van der Waals surface area (Å²) < 4.78 is 34.3. The molecule has 0 saturated heterocycles. The highest BCUT2D eigenvalue weighted by atomic mass is 32.2. The van der Waals surface area contributed by atoms with Crippen molar-refractivity contribution in [3.63, 3.8) is 0 Å². The lowest BCUT2D eigenvalue weighted by Crippen LogP contribution is -2.42. The Morgan fingerprint density at radius 1 is 0.957 bits per heavy atom. The minimum Gasteiger partial charge on any atom is -0.408 e. The van der Waals surface area contributed by atoms with Gasteiger partial charge in [0.2, 0.25) is 10.0 Å². The van der Waals surface area contributed by atoms with Gasteiger partial charge in [0.25, 0.3) is 0 Å². The van der Waals surface area contributed by atoms with Crippen molar-refractivity contribution in [2.75, 3.05) is 18.0 Å². The van der Waals surface area contributed by atoms with E-state index in [9.17, 15) is 13.2 Å². The first-order chi connectivity index (χ1) is 22.0. The molecule has 46 heavy (non-hydrogen) atoms. The van der Waals surface area contributed by atoms with E-state index in [0.717, 1.165) is 48.2 Å². The molecule has 4 rings (SSSR count). The van der Waals surface area contributed by atoms with Crippen molar-refractivity contribution >= 4 is 27.9 Å². The summed E-state index contributed by atoms with van der Waals surface area (Å²) in [6.07, 6.45) is 11.2. The number of aromatic nitrogens is 1. The van der Waals surface area contributed by atoms with Gasteiger partial charge in [0.15, 0.2) is 5.75 Å². The van der Waals surface area contributed by atoms with E-state index >= 15 is 0 Å². The first-order valence-corrected chi connectivity index (χ1v) is 17.2. The number of carbonyl (C=O) groups is 1. The van der Waals surface area contributed by atoms with Gasteiger partial charge in [-0.05, 0) is 67.6 Å². The molecule has 0 aliphatic carbocycles. The van der Waals surface area contributed by atoms with Crippen molar-refractivity contribution < 1.29 is 17.9 Å². The number of amides is 1. The fourth-order valence-corrected chi connectivity index (χ4v) is 6.63. The maximum atomic E-state index is 13.7. The Morgan fingerprint density at radius 3 is 2.30 bits per heavy atom. The van der Waals surface area contributed by atoms with Crippen molar-refractivity contribution in [2.45, 2.75) is 57.7 Å². The highest BCUT2D eigenvalue weighted by Crippen LogP contribution is 2.30. The van der Waals surface area contributed by atoms with Crippen molar-refractivity contribution in [3.05, 3.63) is 127 Å². The number of para-hydroxylation sites is 2. The molecule has 3 aromatic carbocycles. The average Bonchev–Trinajstić information content (AvgIpc) is 3.51. The van der Waals surface area contributed by atoms with E-state index in [1.807, 2.05) is 106 Å². The Hall–Kier alpha value is -4.56. The maximum Gasteiger partial charge on any atom is 0.413 e. The number of hydrogen-bond acceptors (Lipinski definition) is 5. The van der Waals surface area contributed by atoms with Crippen LogP contribution in [0.15, 0.2) is 116 Å². The van der Waals surface area contributed by atoms with Crippen molar-refractivity contribution in [1.82, 2.24) is 9.29 Å². The van der Waals surface area contributed by atoms with Crippen LogP contribution in [0, 0.1) is 0 Å². The van der Waals surface area contributed by atoms with Gasteiger partial charge in [0.1, 0.15) is 5.25 Å². The van der Waals surface area contributed by atoms with Gasteiger partial charge in [-0.15, -0.1) is 6.58 Å². The summed E-state index contributed by atoms with van der Waals surface area (Å²) in [6, 6.07) is 26.8. The predicted octanol–water partition coefficient (Wildman–Crippen LogP) is 8.86.